The lowest BCUT2D eigenvalue weighted by atomic mass is 10.0. The van der Waals surface area contributed by atoms with E-state index in [9.17, 15) is 0 Å². The van der Waals surface area contributed by atoms with Gasteiger partial charge >= 0.3 is 0 Å². The SMILES string of the molecule is CC(=C=N[Si](C)(C)C(C)(C)C)c1ccc2c(c1)Cc1ccccc1-2. The Bertz CT molecular complexity index is 847. The summed E-state index contributed by atoms with van der Waals surface area (Å²) in [5.41, 5.74) is 7.99. The minimum atomic E-state index is -1.68. The van der Waals surface area contributed by atoms with Gasteiger partial charge < -0.3 is 0 Å². The summed E-state index contributed by atoms with van der Waals surface area (Å²) < 4.78 is 4.89. The molecule has 0 bridgehead atoms. The zero-order valence-electron chi connectivity index (χ0n) is 15.7. The van der Waals surface area contributed by atoms with Gasteiger partial charge in [-0.15, -0.1) is 0 Å². The summed E-state index contributed by atoms with van der Waals surface area (Å²) in [5, 5.41) is 0.250. The first-order valence-corrected chi connectivity index (χ1v) is 11.7. The van der Waals surface area contributed by atoms with Gasteiger partial charge in [-0.2, -0.15) is 0 Å². The molecule has 0 unspecified atom stereocenters. The van der Waals surface area contributed by atoms with Crippen LogP contribution in [0.25, 0.3) is 16.7 Å². The summed E-state index contributed by atoms with van der Waals surface area (Å²) in [6, 6.07) is 15.5. The van der Waals surface area contributed by atoms with Crippen LogP contribution in [0, 0.1) is 0 Å². The first kappa shape index (κ1) is 16.9. The fourth-order valence-electron chi connectivity index (χ4n) is 2.83. The molecule has 0 amide bonds. The van der Waals surface area contributed by atoms with E-state index in [0.717, 1.165) is 12.0 Å². The summed E-state index contributed by atoms with van der Waals surface area (Å²) >= 11 is 0. The summed E-state index contributed by atoms with van der Waals surface area (Å²) in [6.07, 6.45) is 1.03. The summed E-state index contributed by atoms with van der Waals surface area (Å²) in [6.45, 7) is 13.6. The highest BCUT2D eigenvalue weighted by Gasteiger charge is 2.35. The second kappa shape index (κ2) is 5.88. The van der Waals surface area contributed by atoms with Gasteiger partial charge in [-0.1, -0.05) is 57.2 Å². The zero-order valence-corrected chi connectivity index (χ0v) is 16.7. The number of allylic oxidation sites excluding steroid dienone is 1. The molecule has 1 nitrogen and oxygen atoms in total. The van der Waals surface area contributed by atoms with Crippen molar-refractivity contribution in [2.75, 3.05) is 0 Å². The fourth-order valence-corrected chi connectivity index (χ4v) is 3.62. The lowest BCUT2D eigenvalue weighted by Gasteiger charge is -2.31. The van der Waals surface area contributed by atoms with Gasteiger partial charge in [-0.25, -0.2) is 0 Å². The summed E-state index contributed by atoms with van der Waals surface area (Å²) in [7, 11) is -1.68. The Balaban J connectivity index is 1.95. The van der Waals surface area contributed by atoms with Gasteiger partial charge in [0.15, 0.2) is 8.24 Å². The van der Waals surface area contributed by atoms with E-state index in [1.807, 2.05) is 0 Å². The molecule has 1 aliphatic carbocycles. The smallest absolute Gasteiger partial charge is 0.193 e. The van der Waals surface area contributed by atoms with E-state index in [-0.39, 0.29) is 5.04 Å². The van der Waals surface area contributed by atoms with Crippen LogP contribution in [0.15, 0.2) is 47.1 Å². The van der Waals surface area contributed by atoms with Crippen molar-refractivity contribution in [2.45, 2.75) is 52.2 Å². The van der Waals surface area contributed by atoms with Gasteiger partial charge in [-0.3, -0.25) is 4.66 Å². The first-order chi connectivity index (χ1) is 11.2. The molecule has 1 aliphatic rings. The Morgan fingerprint density at radius 1 is 1.00 bits per heavy atom. The van der Waals surface area contributed by atoms with E-state index in [1.54, 1.807) is 0 Å². The van der Waals surface area contributed by atoms with E-state index < -0.39 is 8.24 Å². The quantitative estimate of drug-likeness (QED) is 0.383. The van der Waals surface area contributed by atoms with Crippen molar-refractivity contribution in [1.82, 2.24) is 0 Å². The van der Waals surface area contributed by atoms with Crippen LogP contribution in [0.2, 0.25) is 18.1 Å². The number of nitrogens with zero attached hydrogens (tertiary/aromatic N) is 1. The minimum absolute atomic E-state index is 0.250. The van der Waals surface area contributed by atoms with Gasteiger partial charge in [-0.05, 0) is 71.2 Å². The van der Waals surface area contributed by atoms with E-state index in [1.165, 1.54) is 27.8 Å². The maximum Gasteiger partial charge on any atom is 0.193 e. The number of rotatable bonds is 2. The molecule has 0 heterocycles. The van der Waals surface area contributed by atoms with Crippen molar-refractivity contribution in [3.63, 3.8) is 0 Å². The second-order valence-corrected chi connectivity index (χ2v) is 13.2. The molecule has 2 heteroatoms. The average molecular weight is 334 g/mol. The number of fused-ring (bicyclic) bond motifs is 3. The van der Waals surface area contributed by atoms with Crippen molar-refractivity contribution in [3.05, 3.63) is 59.2 Å². The highest BCUT2D eigenvalue weighted by molar-refractivity contribution is 6.79. The van der Waals surface area contributed by atoms with Crippen molar-refractivity contribution >= 4 is 19.7 Å². The van der Waals surface area contributed by atoms with Gasteiger partial charge in [0.1, 0.15) is 0 Å². The second-order valence-electron chi connectivity index (χ2n) is 8.36. The highest BCUT2D eigenvalue weighted by Crippen LogP contribution is 2.38. The molecule has 2 aromatic carbocycles. The van der Waals surface area contributed by atoms with Crippen LogP contribution >= 0.6 is 0 Å². The first-order valence-electron chi connectivity index (χ1n) is 8.72. The van der Waals surface area contributed by atoms with E-state index >= 15 is 0 Å². The molecular formula is C22H27NSi. The lowest BCUT2D eigenvalue weighted by molar-refractivity contribution is 0.719. The van der Waals surface area contributed by atoms with Crippen LogP contribution in [0.5, 0.6) is 0 Å². The third-order valence-electron chi connectivity index (χ3n) is 5.57. The molecule has 0 N–H and O–H groups in total. The molecule has 0 radical (unpaired) electrons. The molecule has 3 rings (SSSR count). The van der Waals surface area contributed by atoms with Crippen molar-refractivity contribution < 1.29 is 0 Å². The van der Waals surface area contributed by atoms with Crippen molar-refractivity contribution in [3.8, 4) is 11.1 Å². The minimum Gasteiger partial charge on any atom is -0.283 e. The highest BCUT2D eigenvalue weighted by atomic mass is 28.3. The Hall–Kier alpha value is -1.89. The molecule has 0 aliphatic heterocycles. The Kier molecular flexibility index (Phi) is 4.15. The van der Waals surface area contributed by atoms with Gasteiger partial charge in [0, 0.05) is 5.57 Å². The predicted molar refractivity (Wildman–Crippen MR) is 108 cm³/mol. The normalized spacial score (nSPS) is 13.1. The van der Waals surface area contributed by atoms with Crippen LogP contribution in [0.3, 0.4) is 0 Å². The third kappa shape index (κ3) is 3.04. The Morgan fingerprint density at radius 2 is 1.67 bits per heavy atom. The molecule has 2 aromatic rings. The maximum atomic E-state index is 4.89. The van der Waals surface area contributed by atoms with Crippen molar-refractivity contribution in [1.29, 1.82) is 0 Å². The molecular weight excluding hydrogens is 306 g/mol. The van der Waals surface area contributed by atoms with E-state index in [4.69, 9.17) is 4.66 Å². The third-order valence-corrected chi connectivity index (χ3v) is 9.91. The molecule has 24 heavy (non-hydrogen) atoms. The number of hydrogen-bond acceptors (Lipinski definition) is 1. The van der Waals surface area contributed by atoms with Crippen LogP contribution < -0.4 is 0 Å². The van der Waals surface area contributed by atoms with Crippen LogP contribution in [-0.4, -0.2) is 14.1 Å². The van der Waals surface area contributed by atoms with Crippen LogP contribution in [-0.2, 0) is 6.42 Å². The topological polar surface area (TPSA) is 12.4 Å². The Morgan fingerprint density at radius 3 is 2.38 bits per heavy atom. The standard InChI is InChI=1S/C22H27NSi/c1-16(15-23-24(5,6)22(2,3)4)17-11-12-21-19(13-17)14-18-9-7-8-10-20(18)21/h7-13H,14H2,1-6H3. The average Bonchev–Trinajstić information content (AvgIpc) is 2.89. The monoisotopic (exact) mass is 333 g/mol. The molecule has 0 aromatic heterocycles. The zero-order chi connectivity index (χ0) is 17.5. The molecule has 0 spiro atoms. The summed E-state index contributed by atoms with van der Waals surface area (Å²) in [4.78, 5) is 0. The van der Waals surface area contributed by atoms with Gasteiger partial charge in [0.05, 0.1) is 0 Å². The van der Waals surface area contributed by atoms with Crippen molar-refractivity contribution in [2.24, 2.45) is 4.66 Å². The van der Waals surface area contributed by atoms with Gasteiger partial charge in [0.25, 0.3) is 0 Å². The maximum absolute atomic E-state index is 4.89. The summed E-state index contributed by atoms with van der Waals surface area (Å²) in [5.74, 6) is 3.36. The van der Waals surface area contributed by atoms with Crippen LogP contribution in [0.4, 0.5) is 0 Å². The van der Waals surface area contributed by atoms with Gasteiger partial charge in [0.2, 0.25) is 0 Å². The lowest BCUT2D eigenvalue weighted by Crippen LogP contribution is -2.34. The fraction of sp³-hybridized carbons (Fsp3) is 0.364. The Labute approximate surface area is 147 Å². The number of hydrogen-bond donors (Lipinski definition) is 0. The molecule has 0 saturated heterocycles. The molecule has 0 atom stereocenters. The molecule has 0 saturated carbocycles. The van der Waals surface area contributed by atoms with E-state index in [2.05, 4.69) is 89.1 Å². The predicted octanol–water partition coefficient (Wildman–Crippen LogP) is 6.34. The van der Waals surface area contributed by atoms with E-state index in [0.29, 0.717) is 0 Å². The largest absolute Gasteiger partial charge is 0.283 e. The molecule has 0 fully saturated rings. The van der Waals surface area contributed by atoms with Crippen LogP contribution in [0.1, 0.15) is 44.4 Å². The molecule has 124 valence electrons. The number of benzene rings is 2.